The highest BCUT2D eigenvalue weighted by molar-refractivity contribution is 6.35. The van der Waals surface area contributed by atoms with E-state index in [1.807, 2.05) is 0 Å². The zero-order valence-electron chi connectivity index (χ0n) is 15.4. The number of nitrogens with zero attached hydrogens (tertiary/aromatic N) is 1. The minimum Gasteiger partial charge on any atom is -0.457 e. The number of nitrogens with one attached hydrogen (secondary N) is 1. The molecule has 2 heterocycles. The van der Waals surface area contributed by atoms with Crippen molar-refractivity contribution >= 4 is 28.5 Å². The van der Waals surface area contributed by atoms with Crippen molar-refractivity contribution < 1.29 is 26.8 Å². The summed E-state index contributed by atoms with van der Waals surface area (Å²) in [7, 11) is 0.958. The van der Waals surface area contributed by atoms with Gasteiger partial charge in [0.25, 0.3) is 5.56 Å². The normalized spacial score (nSPS) is 13.0. The maximum Gasteiger partial charge on any atom is 0.431 e. The first-order valence-corrected chi connectivity index (χ1v) is 8.75. The summed E-state index contributed by atoms with van der Waals surface area (Å²) in [6.45, 7) is 2.93. The zero-order chi connectivity index (χ0) is 21.7. The Kier molecular flexibility index (Phi) is 5.20. The number of benzene rings is 1. The summed E-state index contributed by atoms with van der Waals surface area (Å²) in [6, 6.07) is 3.37. The molecule has 10 heteroatoms. The Labute approximate surface area is 166 Å². The van der Waals surface area contributed by atoms with Crippen molar-refractivity contribution in [3.8, 4) is 11.1 Å². The molecule has 29 heavy (non-hydrogen) atoms. The predicted molar refractivity (Wildman–Crippen MR) is 99.1 cm³/mol. The fraction of sp³-hybridized carbons (Fsp3) is 0.263. The van der Waals surface area contributed by atoms with E-state index in [2.05, 4.69) is 5.32 Å². The van der Waals surface area contributed by atoms with Gasteiger partial charge in [0.1, 0.15) is 17.3 Å². The highest BCUT2D eigenvalue weighted by atomic mass is 35.5. The number of furan rings is 1. The fourth-order valence-corrected chi connectivity index (χ4v) is 3.36. The first-order valence-electron chi connectivity index (χ1n) is 8.38. The van der Waals surface area contributed by atoms with Crippen molar-refractivity contribution in [3.63, 3.8) is 0 Å². The molecule has 1 N–H and O–H groups in total. The zero-order valence-corrected chi connectivity index (χ0v) is 16.2. The smallest absolute Gasteiger partial charge is 0.431 e. The number of pyridine rings is 1. The number of carbonyl (C=O) groups excluding carboxylic acids is 1. The van der Waals surface area contributed by atoms with Crippen LogP contribution in [-0.2, 0) is 18.0 Å². The Bertz CT molecular complexity index is 1180. The van der Waals surface area contributed by atoms with Crippen LogP contribution in [0.2, 0.25) is 5.02 Å². The number of carbonyl (C=O) groups is 1. The first-order chi connectivity index (χ1) is 13.4. The van der Waals surface area contributed by atoms with Crippen LogP contribution in [0.4, 0.5) is 17.6 Å². The molecule has 1 atom stereocenters. The van der Waals surface area contributed by atoms with Gasteiger partial charge in [-0.15, -0.1) is 0 Å². The van der Waals surface area contributed by atoms with Crippen LogP contribution in [-0.4, -0.2) is 10.5 Å². The van der Waals surface area contributed by atoms with Crippen molar-refractivity contribution in [2.24, 2.45) is 7.05 Å². The maximum absolute atomic E-state index is 14.8. The average Bonchev–Trinajstić information content (AvgIpc) is 3.02. The lowest BCUT2D eigenvalue weighted by Gasteiger charge is -2.13. The number of halogens is 5. The van der Waals surface area contributed by atoms with Crippen molar-refractivity contribution in [2.75, 3.05) is 0 Å². The Balaban J connectivity index is 2.28. The van der Waals surface area contributed by atoms with Crippen LogP contribution in [0.25, 0.3) is 22.1 Å². The second-order valence-corrected chi connectivity index (χ2v) is 6.93. The lowest BCUT2D eigenvalue weighted by atomic mass is 10.0. The first kappa shape index (κ1) is 20.9. The van der Waals surface area contributed by atoms with Crippen LogP contribution < -0.4 is 10.9 Å². The van der Waals surface area contributed by atoms with E-state index >= 15 is 0 Å². The average molecular weight is 431 g/mol. The highest BCUT2D eigenvalue weighted by Crippen LogP contribution is 2.38. The molecule has 1 unspecified atom stereocenters. The SMILES string of the molecule is CC(=O)NC(C)c1cc2c(-c3ccc(C(F)(F)F)n(C)c3=O)c(F)cc(Cl)c2o1. The quantitative estimate of drug-likeness (QED) is 0.607. The number of aromatic nitrogens is 1. The third kappa shape index (κ3) is 3.74. The summed E-state index contributed by atoms with van der Waals surface area (Å²) in [6.07, 6.45) is -4.74. The van der Waals surface area contributed by atoms with Crippen LogP contribution in [0.3, 0.4) is 0 Å². The molecule has 5 nitrogen and oxygen atoms in total. The molecule has 0 radical (unpaired) electrons. The number of rotatable bonds is 3. The molecule has 0 aliphatic heterocycles. The van der Waals surface area contributed by atoms with E-state index in [9.17, 15) is 27.2 Å². The van der Waals surface area contributed by atoms with Crippen molar-refractivity contribution in [1.82, 2.24) is 9.88 Å². The van der Waals surface area contributed by atoms with E-state index < -0.39 is 29.3 Å². The Hall–Kier alpha value is -2.81. The van der Waals surface area contributed by atoms with Crippen molar-refractivity contribution in [3.05, 3.63) is 56.9 Å². The van der Waals surface area contributed by atoms with Crippen LogP contribution in [0.1, 0.15) is 31.3 Å². The molecule has 1 aromatic carbocycles. The number of hydrogen-bond acceptors (Lipinski definition) is 3. The van der Waals surface area contributed by atoms with Gasteiger partial charge in [-0.3, -0.25) is 9.59 Å². The molecular weight excluding hydrogens is 416 g/mol. The minimum absolute atomic E-state index is 0.0530. The van der Waals surface area contributed by atoms with Crippen molar-refractivity contribution in [2.45, 2.75) is 26.1 Å². The molecule has 0 fully saturated rings. The molecule has 0 aliphatic rings. The van der Waals surface area contributed by atoms with Gasteiger partial charge in [-0.25, -0.2) is 4.39 Å². The van der Waals surface area contributed by atoms with Crippen LogP contribution in [0, 0.1) is 5.82 Å². The van der Waals surface area contributed by atoms with E-state index in [1.165, 1.54) is 13.0 Å². The van der Waals surface area contributed by atoms with Gasteiger partial charge in [0.2, 0.25) is 5.91 Å². The van der Waals surface area contributed by atoms with Crippen LogP contribution in [0.15, 0.2) is 33.5 Å². The van der Waals surface area contributed by atoms with E-state index in [-0.39, 0.29) is 38.8 Å². The van der Waals surface area contributed by atoms with Gasteiger partial charge in [0.05, 0.1) is 16.6 Å². The van der Waals surface area contributed by atoms with Gasteiger partial charge in [0, 0.05) is 24.9 Å². The lowest BCUT2D eigenvalue weighted by Crippen LogP contribution is -2.26. The number of hydrogen-bond donors (Lipinski definition) is 1. The second kappa shape index (κ2) is 7.22. The minimum atomic E-state index is -4.74. The van der Waals surface area contributed by atoms with Gasteiger partial charge in [-0.2, -0.15) is 13.2 Å². The second-order valence-electron chi connectivity index (χ2n) is 6.52. The summed E-state index contributed by atoms with van der Waals surface area (Å²) in [5.41, 5.74) is -2.65. The van der Waals surface area contributed by atoms with Gasteiger partial charge in [0.15, 0.2) is 5.58 Å². The van der Waals surface area contributed by atoms with E-state index in [1.54, 1.807) is 6.92 Å². The summed E-state index contributed by atoms with van der Waals surface area (Å²) < 4.78 is 59.9. The molecular formula is C19H15ClF4N2O3. The molecule has 3 aromatic rings. The standard InChI is InChI=1S/C19H15ClF4N2O3/c1-8(25-9(2)27)14-6-11-16(13(21)7-12(20)17(11)29-14)10-4-5-15(19(22,23)24)26(3)18(10)28/h4-8H,1-3H3,(H,25,27). The van der Waals surface area contributed by atoms with Crippen LogP contribution >= 0.6 is 11.6 Å². The van der Waals surface area contributed by atoms with Gasteiger partial charge in [-0.1, -0.05) is 11.6 Å². The lowest BCUT2D eigenvalue weighted by molar-refractivity contribution is -0.143. The molecule has 2 aromatic heterocycles. The highest BCUT2D eigenvalue weighted by Gasteiger charge is 2.34. The number of amides is 1. The Morgan fingerprint density at radius 1 is 1.28 bits per heavy atom. The van der Waals surface area contributed by atoms with Gasteiger partial charge < -0.3 is 14.3 Å². The van der Waals surface area contributed by atoms with Gasteiger partial charge in [-0.05, 0) is 31.2 Å². The molecule has 154 valence electrons. The summed E-state index contributed by atoms with van der Waals surface area (Å²) >= 11 is 6.05. The van der Waals surface area contributed by atoms with E-state index in [0.29, 0.717) is 10.6 Å². The molecule has 1 amide bonds. The largest absolute Gasteiger partial charge is 0.457 e. The fourth-order valence-electron chi connectivity index (χ4n) is 3.12. The maximum atomic E-state index is 14.8. The topological polar surface area (TPSA) is 64.2 Å². The van der Waals surface area contributed by atoms with E-state index in [0.717, 1.165) is 19.2 Å². The van der Waals surface area contributed by atoms with Gasteiger partial charge >= 0.3 is 6.18 Å². The summed E-state index contributed by atoms with van der Waals surface area (Å²) in [4.78, 5) is 23.9. The molecule has 0 spiro atoms. The third-order valence-corrected chi connectivity index (χ3v) is 4.72. The van der Waals surface area contributed by atoms with E-state index in [4.69, 9.17) is 16.0 Å². The molecule has 0 saturated heterocycles. The number of fused-ring (bicyclic) bond motifs is 1. The third-order valence-electron chi connectivity index (χ3n) is 4.44. The summed E-state index contributed by atoms with van der Waals surface area (Å²) in [5.74, 6) is -0.973. The monoisotopic (exact) mass is 430 g/mol. The molecule has 0 aliphatic carbocycles. The summed E-state index contributed by atoms with van der Waals surface area (Å²) in [5, 5.41) is 2.63. The molecule has 3 rings (SSSR count). The Morgan fingerprint density at radius 3 is 2.52 bits per heavy atom. The predicted octanol–water partition coefficient (Wildman–Crippen LogP) is 4.81. The van der Waals surface area contributed by atoms with Crippen molar-refractivity contribution in [1.29, 1.82) is 0 Å². The molecule has 0 bridgehead atoms. The molecule has 0 saturated carbocycles. The number of alkyl halides is 3. The Morgan fingerprint density at radius 2 is 1.93 bits per heavy atom. The van der Waals surface area contributed by atoms with Crippen LogP contribution in [0.5, 0.6) is 0 Å².